The van der Waals surface area contributed by atoms with Crippen LogP contribution in [-0.4, -0.2) is 11.2 Å². The fraction of sp³-hybridized carbons (Fsp3) is 1.00. The van der Waals surface area contributed by atoms with Crippen LogP contribution in [0, 0.1) is 11.8 Å². The lowest BCUT2D eigenvalue weighted by Gasteiger charge is -1.97. The molecule has 2 saturated carbocycles. The van der Waals surface area contributed by atoms with Crippen molar-refractivity contribution in [3.05, 3.63) is 0 Å². The maximum absolute atomic E-state index is 9.04. The molecule has 0 bridgehead atoms. The lowest BCUT2D eigenvalue weighted by Crippen LogP contribution is -2.02. The van der Waals surface area contributed by atoms with Gasteiger partial charge in [0, 0.05) is 0 Å². The van der Waals surface area contributed by atoms with Crippen molar-refractivity contribution in [1.29, 1.82) is 0 Å². The molecule has 0 saturated heterocycles. The topological polar surface area (TPSA) is 20.2 Å². The molecule has 0 aliphatic heterocycles. The van der Waals surface area contributed by atoms with E-state index in [9.17, 15) is 0 Å². The van der Waals surface area contributed by atoms with Crippen molar-refractivity contribution in [2.45, 2.75) is 25.4 Å². The summed E-state index contributed by atoms with van der Waals surface area (Å²) >= 11 is 0. The summed E-state index contributed by atoms with van der Waals surface area (Å²) in [5, 5.41) is 9.04. The van der Waals surface area contributed by atoms with Gasteiger partial charge in [-0.3, -0.25) is 0 Å². The fourth-order valence-electron chi connectivity index (χ4n) is 1.67. The van der Waals surface area contributed by atoms with E-state index in [4.69, 9.17) is 5.11 Å². The number of aliphatic hydroxyl groups excluding tert-OH is 1. The normalized spacial score (nSPS) is 57.0. The Morgan fingerprint density at radius 2 is 2.14 bits per heavy atom. The molecule has 0 aromatic carbocycles. The molecule has 0 amide bonds. The Balaban J connectivity index is 2.08. The van der Waals surface area contributed by atoms with Crippen molar-refractivity contribution in [1.82, 2.24) is 0 Å². The molecule has 1 nitrogen and oxygen atoms in total. The molecule has 2 fully saturated rings. The van der Waals surface area contributed by atoms with Gasteiger partial charge < -0.3 is 5.11 Å². The largest absolute Gasteiger partial charge is 0.393 e. The third kappa shape index (κ3) is 0.418. The van der Waals surface area contributed by atoms with Crippen molar-refractivity contribution in [2.75, 3.05) is 0 Å². The molecule has 40 valence electrons. The average Bonchev–Trinajstić information content (AvgIpc) is 2.33. The first kappa shape index (κ1) is 3.90. The van der Waals surface area contributed by atoms with Gasteiger partial charge in [-0.05, 0) is 31.1 Å². The molecule has 0 aromatic rings. The maximum atomic E-state index is 9.04. The van der Waals surface area contributed by atoms with Crippen LogP contribution in [0.4, 0.5) is 0 Å². The van der Waals surface area contributed by atoms with Gasteiger partial charge in [0.15, 0.2) is 0 Å². The van der Waals surface area contributed by atoms with E-state index < -0.39 is 0 Å². The molecular weight excluding hydrogens is 88.1 g/mol. The highest BCUT2D eigenvalue weighted by Crippen LogP contribution is 2.51. The highest BCUT2D eigenvalue weighted by atomic mass is 16.3. The van der Waals surface area contributed by atoms with E-state index in [0.29, 0.717) is 0 Å². The van der Waals surface area contributed by atoms with E-state index >= 15 is 0 Å². The Morgan fingerprint density at radius 3 is 2.29 bits per heavy atom. The Kier molecular flexibility index (Phi) is 0.571. The van der Waals surface area contributed by atoms with Crippen LogP contribution in [0.15, 0.2) is 0 Å². The van der Waals surface area contributed by atoms with Crippen LogP contribution in [0.2, 0.25) is 0 Å². The van der Waals surface area contributed by atoms with Gasteiger partial charge in [0.05, 0.1) is 6.10 Å². The van der Waals surface area contributed by atoms with Gasteiger partial charge in [0.25, 0.3) is 0 Å². The summed E-state index contributed by atoms with van der Waals surface area (Å²) in [6, 6.07) is 0. The van der Waals surface area contributed by atoms with E-state index in [2.05, 4.69) is 0 Å². The van der Waals surface area contributed by atoms with Gasteiger partial charge in [-0.1, -0.05) is 0 Å². The summed E-state index contributed by atoms with van der Waals surface area (Å²) in [6.45, 7) is 0. The van der Waals surface area contributed by atoms with Crippen LogP contribution in [0.25, 0.3) is 0 Å². The summed E-state index contributed by atoms with van der Waals surface area (Å²) in [5.74, 6) is 1.68. The second kappa shape index (κ2) is 1.03. The third-order valence-corrected chi connectivity index (χ3v) is 2.30. The van der Waals surface area contributed by atoms with Gasteiger partial charge in [0.1, 0.15) is 0 Å². The van der Waals surface area contributed by atoms with Crippen LogP contribution in [0.1, 0.15) is 19.3 Å². The molecule has 2 aliphatic carbocycles. The Labute approximate surface area is 43.3 Å². The summed E-state index contributed by atoms with van der Waals surface area (Å²) in [4.78, 5) is 0. The third-order valence-electron chi connectivity index (χ3n) is 2.30. The van der Waals surface area contributed by atoms with Gasteiger partial charge in [-0.25, -0.2) is 0 Å². The van der Waals surface area contributed by atoms with E-state index in [1.54, 1.807) is 0 Å². The van der Waals surface area contributed by atoms with Crippen LogP contribution in [-0.2, 0) is 0 Å². The maximum Gasteiger partial charge on any atom is 0.0571 e. The second-order valence-electron chi connectivity index (χ2n) is 2.80. The molecule has 0 radical (unpaired) electrons. The standard InChI is InChI=1S/C6H10O/c7-6-2-1-4-3-5(4)6/h4-7H,1-3H2/t4-,5?,6+/m0/s1. The number of hydrogen-bond acceptors (Lipinski definition) is 1. The van der Waals surface area contributed by atoms with Crippen molar-refractivity contribution in [3.8, 4) is 0 Å². The number of fused-ring (bicyclic) bond motifs is 1. The zero-order valence-corrected chi connectivity index (χ0v) is 4.30. The Bertz CT molecular complexity index is 90.2. The predicted octanol–water partition coefficient (Wildman–Crippen LogP) is 0.777. The number of hydrogen-bond donors (Lipinski definition) is 1. The lowest BCUT2D eigenvalue weighted by molar-refractivity contribution is 0.159. The summed E-state index contributed by atoms with van der Waals surface area (Å²) < 4.78 is 0. The molecular formula is C6H10O. The SMILES string of the molecule is O[C@@H]1CC[C@H]2CC21. The Morgan fingerprint density at radius 1 is 1.29 bits per heavy atom. The molecule has 1 N–H and O–H groups in total. The minimum absolute atomic E-state index is 0.0880. The zero-order valence-electron chi connectivity index (χ0n) is 4.30. The monoisotopic (exact) mass is 98.1 g/mol. The van der Waals surface area contributed by atoms with Crippen LogP contribution in [0.3, 0.4) is 0 Å². The van der Waals surface area contributed by atoms with E-state index in [1.807, 2.05) is 0 Å². The minimum atomic E-state index is 0.0880. The van der Waals surface area contributed by atoms with Crippen LogP contribution in [0.5, 0.6) is 0 Å². The summed E-state index contributed by atoms with van der Waals surface area (Å²) in [7, 11) is 0. The molecule has 2 aliphatic rings. The molecule has 1 heteroatoms. The lowest BCUT2D eigenvalue weighted by atomic mass is 10.2. The fourth-order valence-corrected chi connectivity index (χ4v) is 1.67. The molecule has 2 rings (SSSR count). The van der Waals surface area contributed by atoms with Gasteiger partial charge >= 0.3 is 0 Å². The minimum Gasteiger partial charge on any atom is -0.393 e. The van der Waals surface area contributed by atoms with Gasteiger partial charge in [0.2, 0.25) is 0 Å². The first-order chi connectivity index (χ1) is 3.38. The zero-order chi connectivity index (χ0) is 4.85. The van der Waals surface area contributed by atoms with Crippen molar-refractivity contribution in [2.24, 2.45) is 11.8 Å². The van der Waals surface area contributed by atoms with Gasteiger partial charge in [-0.15, -0.1) is 0 Å². The molecule has 0 spiro atoms. The Hall–Kier alpha value is -0.0400. The van der Waals surface area contributed by atoms with Crippen LogP contribution >= 0.6 is 0 Å². The highest BCUT2D eigenvalue weighted by Gasteiger charge is 2.47. The van der Waals surface area contributed by atoms with E-state index in [1.165, 1.54) is 12.8 Å². The second-order valence-corrected chi connectivity index (χ2v) is 2.80. The molecule has 7 heavy (non-hydrogen) atoms. The van der Waals surface area contributed by atoms with E-state index in [-0.39, 0.29) is 6.10 Å². The quantitative estimate of drug-likeness (QED) is 0.474. The summed E-state index contributed by atoms with van der Waals surface area (Å²) in [5.41, 5.74) is 0. The van der Waals surface area contributed by atoms with Gasteiger partial charge in [-0.2, -0.15) is 0 Å². The van der Waals surface area contributed by atoms with Crippen molar-refractivity contribution in [3.63, 3.8) is 0 Å². The van der Waals surface area contributed by atoms with E-state index in [0.717, 1.165) is 18.3 Å². The first-order valence-corrected chi connectivity index (χ1v) is 3.06. The molecule has 1 unspecified atom stereocenters. The average molecular weight is 98.1 g/mol. The number of aliphatic hydroxyl groups is 1. The molecule has 0 aromatic heterocycles. The van der Waals surface area contributed by atoms with Crippen molar-refractivity contribution >= 4 is 0 Å². The highest BCUT2D eigenvalue weighted by molar-refractivity contribution is 4.97. The van der Waals surface area contributed by atoms with Crippen LogP contribution < -0.4 is 0 Å². The molecule has 0 heterocycles. The predicted molar refractivity (Wildman–Crippen MR) is 26.8 cm³/mol. The number of rotatable bonds is 0. The van der Waals surface area contributed by atoms with Crippen molar-refractivity contribution < 1.29 is 5.11 Å². The smallest absolute Gasteiger partial charge is 0.0571 e. The molecule has 3 atom stereocenters. The first-order valence-electron chi connectivity index (χ1n) is 3.06. The summed E-state index contributed by atoms with van der Waals surface area (Å²) in [6.07, 6.45) is 3.78.